The predicted octanol–water partition coefficient (Wildman–Crippen LogP) is 3.16. The molecule has 100 valence electrons. The summed E-state index contributed by atoms with van der Waals surface area (Å²) in [6.45, 7) is 6.25. The number of hydrogen-bond acceptors (Lipinski definition) is 2. The lowest BCUT2D eigenvalue weighted by Crippen LogP contribution is -2.17. The number of carboxylic acids is 2. The van der Waals surface area contributed by atoms with Crippen molar-refractivity contribution in [2.45, 2.75) is 59.3 Å². The number of carbonyl (C=O) groups is 2. The molecular weight excluding hydrogens is 220 g/mol. The maximum atomic E-state index is 10.5. The number of carboxylic acid groups (broad SMARTS) is 2. The molecule has 0 rings (SSSR count). The van der Waals surface area contributed by atoms with Crippen molar-refractivity contribution in [2.75, 3.05) is 0 Å². The lowest BCUT2D eigenvalue weighted by Gasteiger charge is -2.27. The van der Waals surface area contributed by atoms with Crippen LogP contribution in [0.5, 0.6) is 0 Å². The molecule has 0 spiro atoms. The summed E-state index contributed by atoms with van der Waals surface area (Å²) in [7, 11) is 0. The Labute approximate surface area is 103 Å². The molecule has 0 aliphatic carbocycles. The first-order valence-corrected chi connectivity index (χ1v) is 6.16. The molecule has 0 aromatic carbocycles. The summed E-state index contributed by atoms with van der Waals surface area (Å²) in [5, 5.41) is 17.2. The van der Waals surface area contributed by atoms with Crippen LogP contribution in [-0.2, 0) is 9.59 Å². The fourth-order valence-corrected chi connectivity index (χ4v) is 2.19. The highest BCUT2D eigenvalue weighted by Gasteiger charge is 2.22. The van der Waals surface area contributed by atoms with E-state index in [-0.39, 0.29) is 18.3 Å². The summed E-state index contributed by atoms with van der Waals surface area (Å²) in [6, 6.07) is 0. The quantitative estimate of drug-likeness (QED) is 0.653. The SMILES string of the molecule is CC(CCCC(=O)O)CC(C)(C)CCC(=O)O. The predicted molar refractivity (Wildman–Crippen MR) is 65.9 cm³/mol. The van der Waals surface area contributed by atoms with E-state index in [2.05, 4.69) is 20.8 Å². The first-order valence-electron chi connectivity index (χ1n) is 6.16. The fraction of sp³-hybridized carbons (Fsp3) is 0.846. The van der Waals surface area contributed by atoms with Gasteiger partial charge < -0.3 is 10.2 Å². The van der Waals surface area contributed by atoms with Crippen molar-refractivity contribution in [3.63, 3.8) is 0 Å². The molecule has 0 aliphatic rings. The van der Waals surface area contributed by atoms with Gasteiger partial charge in [0.15, 0.2) is 0 Å². The minimum Gasteiger partial charge on any atom is -0.481 e. The molecule has 0 radical (unpaired) electrons. The van der Waals surface area contributed by atoms with E-state index >= 15 is 0 Å². The zero-order valence-electron chi connectivity index (χ0n) is 11.0. The Morgan fingerprint density at radius 3 is 2.12 bits per heavy atom. The van der Waals surface area contributed by atoms with Gasteiger partial charge in [0.2, 0.25) is 0 Å². The van der Waals surface area contributed by atoms with Crippen LogP contribution in [0.25, 0.3) is 0 Å². The zero-order chi connectivity index (χ0) is 13.5. The Bertz CT molecular complexity index is 258. The van der Waals surface area contributed by atoms with Crippen molar-refractivity contribution in [2.24, 2.45) is 11.3 Å². The van der Waals surface area contributed by atoms with Crippen LogP contribution in [0, 0.1) is 11.3 Å². The van der Waals surface area contributed by atoms with Gasteiger partial charge in [-0.05, 0) is 30.6 Å². The highest BCUT2D eigenvalue weighted by molar-refractivity contribution is 5.66. The highest BCUT2D eigenvalue weighted by Crippen LogP contribution is 2.32. The second kappa shape index (κ2) is 7.30. The van der Waals surface area contributed by atoms with Gasteiger partial charge >= 0.3 is 11.9 Å². The number of rotatable bonds is 9. The number of aliphatic carboxylic acids is 2. The first-order chi connectivity index (χ1) is 7.73. The molecule has 0 fully saturated rings. The molecule has 1 atom stereocenters. The normalized spacial score (nSPS) is 13.4. The summed E-state index contributed by atoms with van der Waals surface area (Å²) in [5.74, 6) is -1.06. The lowest BCUT2D eigenvalue weighted by molar-refractivity contribution is -0.138. The number of hydrogen-bond donors (Lipinski definition) is 2. The average Bonchev–Trinajstić information content (AvgIpc) is 2.13. The molecule has 2 N–H and O–H groups in total. The van der Waals surface area contributed by atoms with Gasteiger partial charge in [-0.2, -0.15) is 0 Å². The van der Waals surface area contributed by atoms with E-state index < -0.39 is 11.9 Å². The smallest absolute Gasteiger partial charge is 0.303 e. The minimum atomic E-state index is -0.753. The van der Waals surface area contributed by atoms with Gasteiger partial charge in [-0.3, -0.25) is 9.59 Å². The molecule has 0 bridgehead atoms. The van der Waals surface area contributed by atoms with Gasteiger partial charge in [-0.1, -0.05) is 27.2 Å². The van der Waals surface area contributed by atoms with Crippen LogP contribution in [0.1, 0.15) is 59.3 Å². The van der Waals surface area contributed by atoms with Crippen molar-refractivity contribution in [1.82, 2.24) is 0 Å². The van der Waals surface area contributed by atoms with Gasteiger partial charge in [0, 0.05) is 12.8 Å². The third-order valence-electron chi connectivity index (χ3n) is 3.00. The Balaban J connectivity index is 3.87. The Hall–Kier alpha value is -1.06. The standard InChI is InChI=1S/C13H24O4/c1-10(5-4-6-11(14)15)9-13(2,3)8-7-12(16)17/h10H,4-9H2,1-3H3,(H,14,15)(H,16,17). The van der Waals surface area contributed by atoms with Crippen LogP contribution in [0.2, 0.25) is 0 Å². The minimum absolute atomic E-state index is 0.0149. The molecule has 0 saturated carbocycles. The lowest BCUT2D eigenvalue weighted by atomic mass is 9.78. The topological polar surface area (TPSA) is 74.6 Å². The van der Waals surface area contributed by atoms with E-state index in [0.717, 1.165) is 12.8 Å². The van der Waals surface area contributed by atoms with Crippen molar-refractivity contribution in [3.05, 3.63) is 0 Å². The van der Waals surface area contributed by atoms with Crippen LogP contribution < -0.4 is 0 Å². The summed E-state index contributed by atoms with van der Waals surface area (Å²) >= 11 is 0. The highest BCUT2D eigenvalue weighted by atomic mass is 16.4. The molecule has 0 saturated heterocycles. The van der Waals surface area contributed by atoms with Crippen LogP contribution in [-0.4, -0.2) is 22.2 Å². The zero-order valence-corrected chi connectivity index (χ0v) is 11.0. The van der Waals surface area contributed by atoms with Crippen molar-refractivity contribution in [1.29, 1.82) is 0 Å². The average molecular weight is 244 g/mol. The second-order valence-electron chi connectivity index (χ2n) is 5.65. The molecule has 0 heterocycles. The van der Waals surface area contributed by atoms with Crippen LogP contribution >= 0.6 is 0 Å². The van der Waals surface area contributed by atoms with Crippen molar-refractivity contribution in [3.8, 4) is 0 Å². The molecular formula is C13H24O4. The summed E-state index contributed by atoms with van der Waals surface area (Å²) in [4.78, 5) is 20.9. The molecule has 17 heavy (non-hydrogen) atoms. The third kappa shape index (κ3) is 9.85. The molecule has 0 aromatic heterocycles. The van der Waals surface area contributed by atoms with Gasteiger partial charge in [-0.15, -0.1) is 0 Å². The van der Waals surface area contributed by atoms with E-state index in [1.807, 2.05) is 0 Å². The Morgan fingerprint density at radius 2 is 1.65 bits per heavy atom. The van der Waals surface area contributed by atoms with Gasteiger partial charge in [0.05, 0.1) is 0 Å². The third-order valence-corrected chi connectivity index (χ3v) is 3.00. The maximum Gasteiger partial charge on any atom is 0.303 e. The van der Waals surface area contributed by atoms with Gasteiger partial charge in [0.25, 0.3) is 0 Å². The maximum absolute atomic E-state index is 10.5. The van der Waals surface area contributed by atoms with E-state index in [1.54, 1.807) is 0 Å². The summed E-state index contributed by atoms with van der Waals surface area (Å²) < 4.78 is 0. The van der Waals surface area contributed by atoms with Crippen LogP contribution in [0.15, 0.2) is 0 Å². The first kappa shape index (κ1) is 15.9. The van der Waals surface area contributed by atoms with Crippen LogP contribution in [0.4, 0.5) is 0 Å². The van der Waals surface area contributed by atoms with Crippen LogP contribution in [0.3, 0.4) is 0 Å². The summed E-state index contributed by atoms with van der Waals surface area (Å²) in [6.07, 6.45) is 3.63. The molecule has 4 nitrogen and oxygen atoms in total. The molecule has 0 aliphatic heterocycles. The van der Waals surface area contributed by atoms with E-state index in [9.17, 15) is 9.59 Å². The van der Waals surface area contributed by atoms with E-state index in [0.29, 0.717) is 18.8 Å². The van der Waals surface area contributed by atoms with Gasteiger partial charge in [0.1, 0.15) is 0 Å². The van der Waals surface area contributed by atoms with Gasteiger partial charge in [-0.25, -0.2) is 0 Å². The van der Waals surface area contributed by atoms with Crippen molar-refractivity contribution >= 4 is 11.9 Å². The van der Waals surface area contributed by atoms with E-state index in [1.165, 1.54) is 0 Å². The fourth-order valence-electron chi connectivity index (χ4n) is 2.19. The Morgan fingerprint density at radius 1 is 1.12 bits per heavy atom. The monoisotopic (exact) mass is 244 g/mol. The second-order valence-corrected chi connectivity index (χ2v) is 5.65. The molecule has 0 amide bonds. The largest absolute Gasteiger partial charge is 0.481 e. The van der Waals surface area contributed by atoms with Crippen molar-refractivity contribution < 1.29 is 19.8 Å². The molecule has 1 unspecified atom stereocenters. The summed E-state index contributed by atoms with van der Waals surface area (Å²) in [5.41, 5.74) is 0.0149. The Kier molecular flexibility index (Phi) is 6.85. The molecule has 0 aromatic rings. The van der Waals surface area contributed by atoms with E-state index in [4.69, 9.17) is 10.2 Å². The molecule has 4 heteroatoms.